The van der Waals surface area contributed by atoms with E-state index in [1.165, 1.54) is 35.6 Å². The van der Waals surface area contributed by atoms with Crippen molar-refractivity contribution in [3.8, 4) is 28.4 Å². The van der Waals surface area contributed by atoms with Crippen molar-refractivity contribution in [2.45, 2.75) is 51.6 Å². The van der Waals surface area contributed by atoms with Crippen LogP contribution in [0.1, 0.15) is 59.1 Å². The molecule has 0 spiro atoms. The minimum absolute atomic E-state index is 0.00187. The number of fused-ring (bicyclic) bond motifs is 2. The van der Waals surface area contributed by atoms with Gasteiger partial charge in [-0.15, -0.1) is 0 Å². The number of methoxy groups -OCH3 is 1. The summed E-state index contributed by atoms with van der Waals surface area (Å²) < 4.78 is 45.8. The van der Waals surface area contributed by atoms with E-state index in [9.17, 15) is 13.2 Å². The van der Waals surface area contributed by atoms with Crippen LogP contribution in [-0.2, 0) is 25.8 Å². The van der Waals surface area contributed by atoms with Crippen molar-refractivity contribution in [3.63, 3.8) is 0 Å². The molecule has 7 nitrogen and oxygen atoms in total. The predicted molar refractivity (Wildman–Crippen MR) is 154 cm³/mol. The van der Waals surface area contributed by atoms with Crippen molar-refractivity contribution in [2.24, 2.45) is 0 Å². The highest BCUT2D eigenvalue weighted by Gasteiger charge is 2.30. The summed E-state index contributed by atoms with van der Waals surface area (Å²) in [5, 5.41) is 0. The van der Waals surface area contributed by atoms with Crippen molar-refractivity contribution in [3.05, 3.63) is 76.3 Å². The van der Waals surface area contributed by atoms with Crippen LogP contribution in [-0.4, -0.2) is 46.7 Å². The van der Waals surface area contributed by atoms with E-state index in [4.69, 9.17) is 18.9 Å². The number of carbonyl (C=O) groups is 1. The van der Waals surface area contributed by atoms with E-state index in [1.54, 1.807) is 0 Å². The van der Waals surface area contributed by atoms with Gasteiger partial charge in [-0.3, -0.25) is 4.79 Å². The molecule has 2 atom stereocenters. The molecule has 0 radical (unpaired) electrons. The number of rotatable bonds is 10. The summed E-state index contributed by atoms with van der Waals surface area (Å²) in [4.78, 5) is 11.7. The summed E-state index contributed by atoms with van der Waals surface area (Å²) in [6, 6.07) is 16.4. The van der Waals surface area contributed by atoms with Crippen LogP contribution in [0, 0.1) is 13.8 Å². The molecule has 0 saturated heterocycles. The number of benzene rings is 3. The van der Waals surface area contributed by atoms with Crippen LogP contribution >= 0.6 is 0 Å². The van der Waals surface area contributed by atoms with Crippen LogP contribution in [0.25, 0.3) is 11.1 Å². The minimum Gasteiger partial charge on any atom is -0.494 e. The Morgan fingerprint density at radius 1 is 1.02 bits per heavy atom. The maximum Gasteiger partial charge on any atom is 0.306 e. The zero-order valence-corrected chi connectivity index (χ0v) is 24.3. The predicted octanol–water partition coefficient (Wildman–Crippen LogP) is 5.89. The largest absolute Gasteiger partial charge is 0.494 e. The standard InChI is InChI=1S/C32H36O7S/c1-20-15-24(37-13-6-14-40(4,34)35)16-21(2)32(20)28-8-5-7-27-26(28)11-12-29(27)39-23-9-10-25-22(17-31(33)36-3)19-38-30(25)18-23/h5,7-10,15-16,18,22,29H,6,11-14,17,19H2,1-4H3/t22-,29-/m1/s1. The average Bonchev–Trinajstić information content (AvgIpc) is 3.50. The summed E-state index contributed by atoms with van der Waals surface area (Å²) in [6.07, 6.45) is 3.76. The first kappa shape index (κ1) is 28.0. The SMILES string of the molecule is COC(=O)C[C@@H]1COc2cc(O[C@@H]3CCc4c(-c5c(C)cc(OCCCS(C)(=O)=O)cc5C)cccc43)ccc21. The molecule has 2 aliphatic rings. The Balaban J connectivity index is 1.32. The first-order chi connectivity index (χ1) is 19.1. The van der Waals surface area contributed by atoms with E-state index in [-0.39, 0.29) is 23.7 Å². The third-order valence-electron chi connectivity index (χ3n) is 7.70. The lowest BCUT2D eigenvalue weighted by molar-refractivity contribution is -0.141. The van der Waals surface area contributed by atoms with E-state index in [2.05, 4.69) is 32.0 Å². The van der Waals surface area contributed by atoms with Gasteiger partial charge in [0, 0.05) is 23.8 Å². The van der Waals surface area contributed by atoms with Crippen LogP contribution in [0.4, 0.5) is 0 Å². The van der Waals surface area contributed by atoms with Crippen LogP contribution in [0.2, 0.25) is 0 Å². The summed E-state index contributed by atoms with van der Waals surface area (Å²) in [5.74, 6) is 2.17. The second-order valence-electron chi connectivity index (χ2n) is 10.8. The fraction of sp³-hybridized carbons (Fsp3) is 0.406. The van der Waals surface area contributed by atoms with Gasteiger partial charge < -0.3 is 18.9 Å². The highest BCUT2D eigenvalue weighted by Crippen LogP contribution is 2.44. The van der Waals surface area contributed by atoms with Gasteiger partial charge in [-0.05, 0) is 84.7 Å². The van der Waals surface area contributed by atoms with E-state index in [0.717, 1.165) is 46.8 Å². The third-order valence-corrected chi connectivity index (χ3v) is 8.73. The molecule has 212 valence electrons. The van der Waals surface area contributed by atoms with Gasteiger partial charge in [0.25, 0.3) is 0 Å². The van der Waals surface area contributed by atoms with Crippen molar-refractivity contribution in [1.82, 2.24) is 0 Å². The molecule has 0 N–H and O–H groups in total. The van der Waals surface area contributed by atoms with Gasteiger partial charge in [0.2, 0.25) is 0 Å². The third kappa shape index (κ3) is 6.12. The number of sulfone groups is 1. The quantitative estimate of drug-likeness (QED) is 0.224. The number of hydrogen-bond acceptors (Lipinski definition) is 7. The lowest BCUT2D eigenvalue weighted by Gasteiger charge is -2.18. The topological polar surface area (TPSA) is 88.1 Å². The van der Waals surface area contributed by atoms with Gasteiger partial charge in [0.1, 0.15) is 33.2 Å². The Kier molecular flexibility index (Phi) is 8.08. The molecule has 0 aromatic heterocycles. The van der Waals surface area contributed by atoms with Gasteiger partial charge in [0.05, 0.1) is 32.5 Å². The second-order valence-corrected chi connectivity index (χ2v) is 13.0. The van der Waals surface area contributed by atoms with Crippen LogP contribution in [0.5, 0.6) is 17.2 Å². The maximum absolute atomic E-state index is 11.7. The molecule has 0 bridgehead atoms. The molecule has 0 amide bonds. The lowest BCUT2D eigenvalue weighted by Crippen LogP contribution is -2.09. The smallest absolute Gasteiger partial charge is 0.306 e. The molecule has 5 rings (SSSR count). The fourth-order valence-electron chi connectivity index (χ4n) is 5.86. The highest BCUT2D eigenvalue weighted by atomic mass is 32.2. The van der Waals surface area contributed by atoms with E-state index in [1.807, 2.05) is 30.3 Å². The first-order valence-electron chi connectivity index (χ1n) is 13.7. The molecular formula is C32H36O7S. The number of hydrogen-bond donors (Lipinski definition) is 0. The highest BCUT2D eigenvalue weighted by molar-refractivity contribution is 7.90. The van der Waals surface area contributed by atoms with Crippen LogP contribution < -0.4 is 14.2 Å². The van der Waals surface area contributed by atoms with Gasteiger partial charge in [-0.1, -0.05) is 24.3 Å². The molecule has 8 heteroatoms. The van der Waals surface area contributed by atoms with Gasteiger partial charge in [-0.2, -0.15) is 0 Å². The summed E-state index contributed by atoms with van der Waals surface area (Å²) >= 11 is 0. The molecular weight excluding hydrogens is 528 g/mol. The molecule has 3 aromatic rings. The van der Waals surface area contributed by atoms with E-state index >= 15 is 0 Å². The summed E-state index contributed by atoms with van der Waals surface area (Å²) in [7, 11) is -1.59. The molecule has 1 aliphatic carbocycles. The summed E-state index contributed by atoms with van der Waals surface area (Å²) in [6.45, 7) is 5.01. The van der Waals surface area contributed by atoms with Crippen molar-refractivity contribution >= 4 is 15.8 Å². The number of aryl methyl sites for hydroxylation is 2. The lowest BCUT2D eigenvalue weighted by atomic mass is 9.90. The maximum atomic E-state index is 11.7. The van der Waals surface area contributed by atoms with Crippen molar-refractivity contribution in [2.75, 3.05) is 32.3 Å². The van der Waals surface area contributed by atoms with E-state index in [0.29, 0.717) is 26.1 Å². The second kappa shape index (κ2) is 11.5. The van der Waals surface area contributed by atoms with Crippen LogP contribution in [0.3, 0.4) is 0 Å². The normalized spacial score (nSPS) is 17.6. The number of ether oxygens (including phenoxy) is 4. The molecule has 40 heavy (non-hydrogen) atoms. The van der Waals surface area contributed by atoms with Crippen molar-refractivity contribution in [1.29, 1.82) is 0 Å². The monoisotopic (exact) mass is 564 g/mol. The van der Waals surface area contributed by atoms with Gasteiger partial charge in [0.15, 0.2) is 0 Å². The van der Waals surface area contributed by atoms with Crippen LogP contribution in [0.15, 0.2) is 48.5 Å². The average molecular weight is 565 g/mol. The Bertz CT molecular complexity index is 1500. The molecule has 0 fully saturated rings. The molecule has 0 saturated carbocycles. The Labute approximate surface area is 236 Å². The minimum atomic E-state index is -2.99. The summed E-state index contributed by atoms with van der Waals surface area (Å²) in [5.41, 5.74) is 8.16. The molecule has 0 unspecified atom stereocenters. The number of carbonyl (C=O) groups excluding carboxylic acids is 1. The first-order valence-corrected chi connectivity index (χ1v) is 15.7. The zero-order valence-electron chi connectivity index (χ0n) is 23.5. The zero-order chi connectivity index (χ0) is 28.4. The van der Waals surface area contributed by atoms with Crippen molar-refractivity contribution < 1.29 is 32.2 Å². The van der Waals surface area contributed by atoms with Gasteiger partial charge >= 0.3 is 5.97 Å². The Hall–Kier alpha value is -3.52. The van der Waals surface area contributed by atoms with Gasteiger partial charge in [-0.25, -0.2) is 8.42 Å². The molecule has 1 aliphatic heterocycles. The molecule has 1 heterocycles. The fourth-order valence-corrected chi connectivity index (χ4v) is 6.51. The van der Waals surface area contributed by atoms with E-state index < -0.39 is 9.84 Å². The Morgan fingerprint density at radius 2 is 1.80 bits per heavy atom. The number of esters is 1. The Morgan fingerprint density at radius 3 is 2.52 bits per heavy atom. The molecule has 3 aromatic carbocycles.